The summed E-state index contributed by atoms with van der Waals surface area (Å²) in [5, 5.41) is 0. The summed E-state index contributed by atoms with van der Waals surface area (Å²) in [6.45, 7) is 4.59. The molecule has 1 nitrogen and oxygen atoms in total. The van der Waals surface area contributed by atoms with E-state index in [1.165, 1.54) is 54.7 Å². The van der Waals surface area contributed by atoms with E-state index < -0.39 is 0 Å². The third-order valence-corrected chi connectivity index (χ3v) is 4.02. The molecule has 1 aliphatic heterocycles. The second-order valence-electron chi connectivity index (χ2n) is 5.41. The fourth-order valence-corrected chi connectivity index (χ4v) is 2.92. The minimum Gasteiger partial charge on any atom is -0.372 e. The molecular formula is C18H21N. The standard InChI is InChI=1S/C18H21N/c1-15-8-3-4-11-18(15)16-9-7-10-17(14-16)19-12-5-2-6-13-19/h3-4,7-11,14H,2,5-6,12-13H2,1H3. The van der Waals surface area contributed by atoms with Gasteiger partial charge in [-0.2, -0.15) is 0 Å². The molecule has 1 heteroatoms. The average molecular weight is 251 g/mol. The number of anilines is 1. The van der Waals surface area contributed by atoms with Crippen molar-refractivity contribution in [3.8, 4) is 11.1 Å². The van der Waals surface area contributed by atoms with Crippen molar-refractivity contribution >= 4 is 5.69 Å². The first-order chi connectivity index (χ1) is 9.34. The Morgan fingerprint density at radius 2 is 1.63 bits per heavy atom. The van der Waals surface area contributed by atoms with E-state index in [0.717, 1.165) is 0 Å². The van der Waals surface area contributed by atoms with Gasteiger partial charge in [0, 0.05) is 18.8 Å². The minimum absolute atomic E-state index is 1.21. The van der Waals surface area contributed by atoms with Crippen molar-refractivity contribution < 1.29 is 0 Å². The fourth-order valence-electron chi connectivity index (χ4n) is 2.92. The fraction of sp³-hybridized carbons (Fsp3) is 0.333. The summed E-state index contributed by atoms with van der Waals surface area (Å²) < 4.78 is 0. The van der Waals surface area contributed by atoms with Crippen LogP contribution < -0.4 is 4.90 Å². The van der Waals surface area contributed by atoms with Crippen LogP contribution in [0.5, 0.6) is 0 Å². The van der Waals surface area contributed by atoms with Crippen molar-refractivity contribution in [2.45, 2.75) is 26.2 Å². The van der Waals surface area contributed by atoms with Crippen LogP contribution in [0.2, 0.25) is 0 Å². The Morgan fingerprint density at radius 3 is 2.42 bits per heavy atom. The van der Waals surface area contributed by atoms with E-state index in [2.05, 4.69) is 60.4 Å². The van der Waals surface area contributed by atoms with Gasteiger partial charge in [0.05, 0.1) is 0 Å². The Bertz CT molecular complexity index is 553. The molecule has 0 saturated carbocycles. The van der Waals surface area contributed by atoms with Gasteiger partial charge in [0.1, 0.15) is 0 Å². The number of benzene rings is 2. The number of piperidine rings is 1. The largest absolute Gasteiger partial charge is 0.372 e. The maximum absolute atomic E-state index is 2.52. The molecule has 1 saturated heterocycles. The zero-order valence-corrected chi connectivity index (χ0v) is 11.6. The van der Waals surface area contributed by atoms with E-state index >= 15 is 0 Å². The molecule has 19 heavy (non-hydrogen) atoms. The SMILES string of the molecule is Cc1ccccc1-c1cccc(N2CCCCC2)c1. The second kappa shape index (κ2) is 5.48. The molecule has 0 amide bonds. The minimum atomic E-state index is 1.21. The summed E-state index contributed by atoms with van der Waals surface area (Å²) in [5.41, 5.74) is 5.40. The van der Waals surface area contributed by atoms with Crippen molar-refractivity contribution in [1.82, 2.24) is 0 Å². The van der Waals surface area contributed by atoms with Crippen molar-refractivity contribution in [1.29, 1.82) is 0 Å². The van der Waals surface area contributed by atoms with Crippen LogP contribution in [0.25, 0.3) is 11.1 Å². The van der Waals surface area contributed by atoms with Crippen LogP contribution in [-0.4, -0.2) is 13.1 Å². The van der Waals surface area contributed by atoms with Crippen LogP contribution >= 0.6 is 0 Å². The van der Waals surface area contributed by atoms with Crippen molar-refractivity contribution in [3.05, 3.63) is 54.1 Å². The van der Waals surface area contributed by atoms with Gasteiger partial charge in [0.2, 0.25) is 0 Å². The van der Waals surface area contributed by atoms with Gasteiger partial charge >= 0.3 is 0 Å². The van der Waals surface area contributed by atoms with Gasteiger partial charge in [-0.15, -0.1) is 0 Å². The Morgan fingerprint density at radius 1 is 0.842 bits per heavy atom. The van der Waals surface area contributed by atoms with E-state index in [-0.39, 0.29) is 0 Å². The average Bonchev–Trinajstić information content (AvgIpc) is 2.49. The molecule has 0 atom stereocenters. The molecule has 2 aromatic carbocycles. The molecule has 0 bridgehead atoms. The molecule has 0 aromatic heterocycles. The Balaban J connectivity index is 1.93. The maximum atomic E-state index is 2.52. The summed E-state index contributed by atoms with van der Waals surface area (Å²) in [7, 11) is 0. The van der Waals surface area contributed by atoms with Gasteiger partial charge in [-0.1, -0.05) is 36.4 Å². The zero-order valence-electron chi connectivity index (χ0n) is 11.6. The number of nitrogens with zero attached hydrogens (tertiary/aromatic N) is 1. The van der Waals surface area contributed by atoms with Gasteiger partial charge in [-0.25, -0.2) is 0 Å². The van der Waals surface area contributed by atoms with Crippen LogP contribution in [0.3, 0.4) is 0 Å². The molecule has 0 aliphatic carbocycles. The van der Waals surface area contributed by atoms with Crippen LogP contribution in [0.15, 0.2) is 48.5 Å². The number of hydrogen-bond donors (Lipinski definition) is 0. The second-order valence-corrected chi connectivity index (χ2v) is 5.41. The summed E-state index contributed by atoms with van der Waals surface area (Å²) in [5.74, 6) is 0. The maximum Gasteiger partial charge on any atom is 0.0372 e. The molecule has 0 unspecified atom stereocenters. The molecule has 98 valence electrons. The van der Waals surface area contributed by atoms with Crippen LogP contribution in [0.4, 0.5) is 5.69 Å². The molecule has 1 fully saturated rings. The third-order valence-electron chi connectivity index (χ3n) is 4.02. The number of hydrogen-bond acceptors (Lipinski definition) is 1. The van der Waals surface area contributed by atoms with Crippen molar-refractivity contribution in [3.63, 3.8) is 0 Å². The molecule has 1 heterocycles. The highest BCUT2D eigenvalue weighted by molar-refractivity contribution is 5.71. The van der Waals surface area contributed by atoms with Crippen molar-refractivity contribution in [2.24, 2.45) is 0 Å². The highest BCUT2D eigenvalue weighted by Crippen LogP contribution is 2.28. The molecule has 0 radical (unpaired) electrons. The first kappa shape index (κ1) is 12.3. The first-order valence-corrected chi connectivity index (χ1v) is 7.25. The van der Waals surface area contributed by atoms with Gasteiger partial charge in [-0.05, 0) is 55.0 Å². The topological polar surface area (TPSA) is 3.24 Å². The zero-order chi connectivity index (χ0) is 13.1. The van der Waals surface area contributed by atoms with E-state index in [1.54, 1.807) is 0 Å². The molecule has 0 spiro atoms. The lowest BCUT2D eigenvalue weighted by Gasteiger charge is -2.29. The Kier molecular flexibility index (Phi) is 3.54. The normalized spacial score (nSPS) is 15.5. The van der Waals surface area contributed by atoms with E-state index in [9.17, 15) is 0 Å². The molecule has 3 rings (SSSR count). The quantitative estimate of drug-likeness (QED) is 0.750. The predicted octanol–water partition coefficient (Wildman–Crippen LogP) is 4.65. The first-order valence-electron chi connectivity index (χ1n) is 7.25. The highest BCUT2D eigenvalue weighted by Gasteiger charge is 2.11. The lowest BCUT2D eigenvalue weighted by atomic mass is 9.99. The van der Waals surface area contributed by atoms with Gasteiger partial charge in [-0.3, -0.25) is 0 Å². The van der Waals surface area contributed by atoms with Crippen LogP contribution in [0, 0.1) is 6.92 Å². The number of aryl methyl sites for hydroxylation is 1. The molecular weight excluding hydrogens is 230 g/mol. The van der Waals surface area contributed by atoms with E-state index in [1.807, 2.05) is 0 Å². The monoisotopic (exact) mass is 251 g/mol. The van der Waals surface area contributed by atoms with E-state index in [4.69, 9.17) is 0 Å². The Hall–Kier alpha value is -1.76. The van der Waals surface area contributed by atoms with E-state index in [0.29, 0.717) is 0 Å². The lowest BCUT2D eigenvalue weighted by molar-refractivity contribution is 0.578. The summed E-state index contributed by atoms with van der Waals surface area (Å²) in [6.07, 6.45) is 4.04. The number of rotatable bonds is 2. The van der Waals surface area contributed by atoms with Gasteiger partial charge in [0.15, 0.2) is 0 Å². The lowest BCUT2D eigenvalue weighted by Crippen LogP contribution is -2.29. The molecule has 2 aromatic rings. The molecule has 1 aliphatic rings. The van der Waals surface area contributed by atoms with Gasteiger partial charge < -0.3 is 4.90 Å². The third kappa shape index (κ3) is 2.65. The summed E-state index contributed by atoms with van der Waals surface area (Å²) in [6, 6.07) is 17.6. The summed E-state index contributed by atoms with van der Waals surface area (Å²) in [4.78, 5) is 2.52. The summed E-state index contributed by atoms with van der Waals surface area (Å²) >= 11 is 0. The predicted molar refractivity (Wildman–Crippen MR) is 82.7 cm³/mol. The molecule has 0 N–H and O–H groups in total. The highest BCUT2D eigenvalue weighted by atomic mass is 15.1. The van der Waals surface area contributed by atoms with Crippen molar-refractivity contribution in [2.75, 3.05) is 18.0 Å². The van der Waals surface area contributed by atoms with Gasteiger partial charge in [0.25, 0.3) is 0 Å². The Labute approximate surface area is 115 Å². The van der Waals surface area contributed by atoms with Crippen LogP contribution in [-0.2, 0) is 0 Å². The smallest absolute Gasteiger partial charge is 0.0372 e. The van der Waals surface area contributed by atoms with Crippen LogP contribution in [0.1, 0.15) is 24.8 Å².